The quantitative estimate of drug-likeness (QED) is 0.727. The van der Waals surface area contributed by atoms with Gasteiger partial charge in [-0.2, -0.15) is 12.6 Å². The Bertz CT molecular complexity index is 177. The van der Waals surface area contributed by atoms with Crippen molar-refractivity contribution in [2.75, 3.05) is 36.9 Å². The molecular formula is C10H21NOS2. The fraction of sp³-hybridized carbons (Fsp3) is 1.00. The van der Waals surface area contributed by atoms with Gasteiger partial charge >= 0.3 is 0 Å². The van der Waals surface area contributed by atoms with E-state index in [1.807, 2.05) is 0 Å². The monoisotopic (exact) mass is 235 g/mol. The van der Waals surface area contributed by atoms with Crippen LogP contribution in [0, 0.1) is 5.92 Å². The first-order valence-corrected chi connectivity index (χ1v) is 7.56. The Morgan fingerprint density at radius 2 is 2.07 bits per heavy atom. The second-order valence-electron chi connectivity index (χ2n) is 3.99. The predicted octanol–water partition coefficient (Wildman–Crippen LogP) is 1.40. The molecule has 1 heterocycles. The summed E-state index contributed by atoms with van der Waals surface area (Å²) in [4.78, 5) is 2.44. The second kappa shape index (κ2) is 6.85. The van der Waals surface area contributed by atoms with Gasteiger partial charge in [0.1, 0.15) is 0 Å². The van der Waals surface area contributed by atoms with Crippen LogP contribution in [0.15, 0.2) is 0 Å². The van der Waals surface area contributed by atoms with Gasteiger partial charge in [-0.25, -0.2) is 0 Å². The number of hydrogen-bond acceptors (Lipinski definition) is 3. The first-order chi connectivity index (χ1) is 6.76. The molecule has 0 amide bonds. The van der Waals surface area contributed by atoms with Gasteiger partial charge in [0.2, 0.25) is 0 Å². The Kier molecular flexibility index (Phi) is 6.13. The lowest BCUT2D eigenvalue weighted by atomic mass is 10.1. The molecule has 0 bridgehead atoms. The van der Waals surface area contributed by atoms with Crippen LogP contribution in [0.3, 0.4) is 0 Å². The van der Waals surface area contributed by atoms with E-state index in [0.717, 1.165) is 42.8 Å². The topological polar surface area (TPSA) is 20.3 Å². The Labute approximate surface area is 95.3 Å². The molecule has 0 N–H and O–H groups in total. The molecule has 0 saturated carbocycles. The molecule has 0 radical (unpaired) electrons. The first-order valence-electron chi connectivity index (χ1n) is 5.44. The molecule has 14 heavy (non-hydrogen) atoms. The van der Waals surface area contributed by atoms with Crippen LogP contribution in [0.4, 0.5) is 0 Å². The molecule has 84 valence electrons. The number of thiol groups is 1. The minimum atomic E-state index is -0.542. The van der Waals surface area contributed by atoms with Crippen LogP contribution in [-0.2, 0) is 10.8 Å². The maximum Gasteiger partial charge on any atom is 0.0363 e. The summed E-state index contributed by atoms with van der Waals surface area (Å²) < 4.78 is 11.2. The van der Waals surface area contributed by atoms with E-state index in [1.165, 1.54) is 12.8 Å². The maximum atomic E-state index is 11.2. The van der Waals surface area contributed by atoms with Crippen LogP contribution in [0.2, 0.25) is 0 Å². The van der Waals surface area contributed by atoms with E-state index in [0.29, 0.717) is 0 Å². The van der Waals surface area contributed by atoms with Gasteiger partial charge in [-0.15, -0.1) is 0 Å². The summed E-state index contributed by atoms with van der Waals surface area (Å²) in [5, 5.41) is 0. The van der Waals surface area contributed by atoms with Crippen molar-refractivity contribution < 1.29 is 4.21 Å². The van der Waals surface area contributed by atoms with Gasteiger partial charge in [0.25, 0.3) is 0 Å². The number of rotatable bonds is 5. The van der Waals surface area contributed by atoms with E-state index >= 15 is 0 Å². The average Bonchev–Trinajstić information content (AvgIpc) is 2.20. The predicted molar refractivity (Wildman–Crippen MR) is 66.6 cm³/mol. The zero-order chi connectivity index (χ0) is 10.4. The van der Waals surface area contributed by atoms with E-state index in [1.54, 1.807) is 0 Å². The molecule has 1 atom stereocenters. The van der Waals surface area contributed by atoms with Crippen molar-refractivity contribution in [2.45, 2.75) is 19.8 Å². The first kappa shape index (κ1) is 12.5. The molecule has 1 saturated heterocycles. The minimum Gasteiger partial charge on any atom is -0.301 e. The summed E-state index contributed by atoms with van der Waals surface area (Å²) in [5.41, 5.74) is 0. The fourth-order valence-electron chi connectivity index (χ4n) is 1.87. The average molecular weight is 235 g/mol. The number of hydrogen-bond donors (Lipinski definition) is 1. The summed E-state index contributed by atoms with van der Waals surface area (Å²) >= 11 is 4.38. The summed E-state index contributed by atoms with van der Waals surface area (Å²) in [6.45, 7) is 5.40. The lowest BCUT2D eigenvalue weighted by Gasteiger charge is -2.29. The highest BCUT2D eigenvalue weighted by molar-refractivity contribution is 7.85. The van der Waals surface area contributed by atoms with Crippen LogP contribution in [0.25, 0.3) is 0 Å². The van der Waals surface area contributed by atoms with Crippen molar-refractivity contribution in [3.05, 3.63) is 0 Å². The Hall–Kier alpha value is 0.460. The third-order valence-corrected chi connectivity index (χ3v) is 4.53. The smallest absolute Gasteiger partial charge is 0.0363 e. The van der Waals surface area contributed by atoms with Gasteiger partial charge < -0.3 is 4.90 Å². The van der Waals surface area contributed by atoms with Crippen molar-refractivity contribution in [1.82, 2.24) is 4.90 Å². The lowest BCUT2D eigenvalue weighted by Crippen LogP contribution is -2.40. The Morgan fingerprint density at radius 3 is 2.57 bits per heavy atom. The van der Waals surface area contributed by atoms with Crippen LogP contribution in [0.5, 0.6) is 0 Å². The largest absolute Gasteiger partial charge is 0.301 e. The normalized spacial score (nSPS) is 22.4. The fourth-order valence-corrected chi connectivity index (χ4v) is 3.30. The molecular weight excluding hydrogens is 214 g/mol. The van der Waals surface area contributed by atoms with E-state index in [9.17, 15) is 4.21 Å². The summed E-state index contributed by atoms with van der Waals surface area (Å²) in [5.74, 6) is 3.43. The summed E-state index contributed by atoms with van der Waals surface area (Å²) in [7, 11) is -0.542. The molecule has 1 fully saturated rings. The summed E-state index contributed by atoms with van der Waals surface area (Å²) in [6.07, 6.45) is 2.51. The van der Waals surface area contributed by atoms with E-state index in [4.69, 9.17) is 0 Å². The minimum absolute atomic E-state index is 0.542. The van der Waals surface area contributed by atoms with Crippen LogP contribution >= 0.6 is 12.6 Å². The molecule has 0 aliphatic carbocycles. The van der Waals surface area contributed by atoms with Gasteiger partial charge in [0.05, 0.1) is 0 Å². The molecule has 1 aliphatic heterocycles. The highest BCUT2D eigenvalue weighted by atomic mass is 32.2. The zero-order valence-corrected chi connectivity index (χ0v) is 10.7. The van der Waals surface area contributed by atoms with Crippen molar-refractivity contribution >= 4 is 23.4 Å². The Morgan fingerprint density at radius 1 is 1.43 bits per heavy atom. The molecule has 0 aromatic rings. The van der Waals surface area contributed by atoms with Gasteiger partial charge in [-0.3, -0.25) is 4.21 Å². The molecule has 0 aromatic heterocycles. The van der Waals surface area contributed by atoms with Crippen molar-refractivity contribution in [1.29, 1.82) is 0 Å². The molecule has 4 heteroatoms. The zero-order valence-electron chi connectivity index (χ0n) is 8.95. The van der Waals surface area contributed by atoms with Crippen molar-refractivity contribution in [3.63, 3.8) is 0 Å². The third-order valence-electron chi connectivity index (χ3n) is 2.74. The van der Waals surface area contributed by atoms with Crippen molar-refractivity contribution in [2.24, 2.45) is 5.92 Å². The third kappa shape index (κ3) is 4.32. The molecule has 1 rings (SSSR count). The lowest BCUT2D eigenvalue weighted by molar-refractivity contribution is 0.253. The van der Waals surface area contributed by atoms with Gasteiger partial charge in [0.15, 0.2) is 0 Å². The molecule has 1 aliphatic rings. The van der Waals surface area contributed by atoms with Gasteiger partial charge in [0, 0.05) is 41.9 Å². The van der Waals surface area contributed by atoms with Crippen LogP contribution in [-0.4, -0.2) is 46.0 Å². The van der Waals surface area contributed by atoms with E-state index in [2.05, 4.69) is 24.5 Å². The standard InChI is InChI=1S/C10H21NOS2/c1-2-3-10(9-13)8-11-4-6-14(12)7-5-11/h10,13H,2-9H2,1H3. The second-order valence-corrected chi connectivity index (χ2v) is 6.05. The number of nitrogens with zero attached hydrogens (tertiary/aromatic N) is 1. The SMILES string of the molecule is CCCC(CS)CN1CCS(=O)CC1. The van der Waals surface area contributed by atoms with Gasteiger partial charge in [-0.1, -0.05) is 13.3 Å². The molecule has 0 spiro atoms. The van der Waals surface area contributed by atoms with E-state index in [-0.39, 0.29) is 0 Å². The van der Waals surface area contributed by atoms with Crippen LogP contribution < -0.4 is 0 Å². The molecule has 0 aromatic carbocycles. The highest BCUT2D eigenvalue weighted by Crippen LogP contribution is 2.12. The Balaban J connectivity index is 2.24. The van der Waals surface area contributed by atoms with Gasteiger partial charge in [-0.05, 0) is 18.1 Å². The van der Waals surface area contributed by atoms with Crippen molar-refractivity contribution in [3.8, 4) is 0 Å². The van der Waals surface area contributed by atoms with E-state index < -0.39 is 10.8 Å². The highest BCUT2D eigenvalue weighted by Gasteiger charge is 2.17. The summed E-state index contributed by atoms with van der Waals surface area (Å²) in [6, 6.07) is 0. The maximum absolute atomic E-state index is 11.2. The van der Waals surface area contributed by atoms with Crippen LogP contribution in [0.1, 0.15) is 19.8 Å². The molecule has 1 unspecified atom stereocenters. The molecule has 2 nitrogen and oxygen atoms in total.